The molecule has 0 bridgehead atoms. The number of likely N-dealkylation sites (N-methyl/N-ethyl adjacent to an activating group) is 1. The van der Waals surface area contributed by atoms with Gasteiger partial charge in [-0.2, -0.15) is 0 Å². The minimum atomic E-state index is -0.358. The maximum absolute atomic E-state index is 12.9. The van der Waals surface area contributed by atoms with Crippen molar-refractivity contribution in [2.45, 2.75) is 31.3 Å². The Morgan fingerprint density at radius 3 is 2.81 bits per heavy atom. The Morgan fingerprint density at radius 2 is 2.00 bits per heavy atom. The second-order valence-corrected chi connectivity index (χ2v) is 9.41. The van der Waals surface area contributed by atoms with Crippen molar-refractivity contribution in [1.29, 1.82) is 0 Å². The smallest absolute Gasteiger partial charge is 0.170 e. The van der Waals surface area contributed by atoms with Gasteiger partial charge in [-0.15, -0.1) is 0 Å². The van der Waals surface area contributed by atoms with E-state index in [4.69, 9.17) is 4.74 Å². The molecule has 3 aliphatic rings. The quantitative estimate of drug-likeness (QED) is 0.645. The minimum Gasteiger partial charge on any atom is -0.486 e. The Hall–Kier alpha value is -2.96. The molecule has 164 valence electrons. The second kappa shape index (κ2) is 7.57. The fraction of sp³-hybridized carbons (Fsp3) is 0.385. The summed E-state index contributed by atoms with van der Waals surface area (Å²) in [6, 6.07) is 8.24. The van der Waals surface area contributed by atoms with E-state index in [-0.39, 0.29) is 11.4 Å². The molecule has 1 saturated heterocycles. The largest absolute Gasteiger partial charge is 0.486 e. The molecule has 6 rings (SSSR count). The Kier molecular flexibility index (Phi) is 4.66. The van der Waals surface area contributed by atoms with Crippen molar-refractivity contribution in [1.82, 2.24) is 20.2 Å². The van der Waals surface area contributed by atoms with Crippen LogP contribution in [0.3, 0.4) is 0 Å². The number of nitrogens with zero attached hydrogens (tertiary/aromatic N) is 2. The maximum atomic E-state index is 12.9. The van der Waals surface area contributed by atoms with E-state index < -0.39 is 0 Å². The third-order valence-corrected chi connectivity index (χ3v) is 7.23. The van der Waals surface area contributed by atoms with Gasteiger partial charge in [-0.3, -0.25) is 4.79 Å². The molecule has 3 aromatic rings. The number of H-pyrrole nitrogens is 1. The Balaban J connectivity index is 1.39. The number of ketones is 1. The number of nitrogens with one attached hydrogen (secondary N) is 2. The van der Waals surface area contributed by atoms with Crippen LogP contribution in [0.2, 0.25) is 0 Å². The van der Waals surface area contributed by atoms with Crippen molar-refractivity contribution in [3.8, 4) is 16.9 Å². The summed E-state index contributed by atoms with van der Waals surface area (Å²) < 4.78 is 6.51. The fourth-order valence-electron chi connectivity index (χ4n) is 5.27. The number of hydrogen-bond donors (Lipinski definition) is 2. The molecule has 0 radical (unpaired) electrons. The van der Waals surface area contributed by atoms with E-state index in [2.05, 4.69) is 39.4 Å². The second-order valence-electron chi connectivity index (χ2n) is 9.41. The van der Waals surface area contributed by atoms with E-state index in [9.17, 15) is 4.79 Å². The molecule has 2 N–H and O–H groups in total. The summed E-state index contributed by atoms with van der Waals surface area (Å²) in [5, 5.41) is 4.47. The summed E-state index contributed by atoms with van der Waals surface area (Å²) in [5.41, 5.74) is 5.90. The lowest BCUT2D eigenvalue weighted by atomic mass is 9.82. The molecule has 0 atom stereocenters. The van der Waals surface area contributed by atoms with E-state index in [1.807, 2.05) is 30.6 Å². The van der Waals surface area contributed by atoms with Gasteiger partial charge in [0.15, 0.2) is 5.78 Å². The summed E-state index contributed by atoms with van der Waals surface area (Å²) in [6.45, 7) is 3.83. The summed E-state index contributed by atoms with van der Waals surface area (Å²) in [6.07, 6.45) is 9.53. The molecule has 0 saturated carbocycles. The summed E-state index contributed by atoms with van der Waals surface area (Å²) in [4.78, 5) is 23.2. The number of ether oxygens (including phenoxy) is 1. The molecule has 6 nitrogen and oxygen atoms in total. The van der Waals surface area contributed by atoms with Gasteiger partial charge in [0.25, 0.3) is 0 Å². The Morgan fingerprint density at radius 1 is 1.12 bits per heavy atom. The highest BCUT2D eigenvalue weighted by Crippen LogP contribution is 2.41. The third-order valence-electron chi connectivity index (χ3n) is 7.23. The van der Waals surface area contributed by atoms with Crippen LogP contribution in [-0.4, -0.2) is 59.5 Å². The van der Waals surface area contributed by atoms with Gasteiger partial charge in [-0.1, -0.05) is 12.1 Å². The van der Waals surface area contributed by atoms with Crippen LogP contribution in [0.1, 0.15) is 41.6 Å². The molecule has 0 amide bonds. The summed E-state index contributed by atoms with van der Waals surface area (Å²) >= 11 is 0. The molecule has 1 aromatic carbocycles. The fourth-order valence-corrected chi connectivity index (χ4v) is 5.27. The number of aromatic amines is 1. The van der Waals surface area contributed by atoms with Gasteiger partial charge in [0.1, 0.15) is 17.0 Å². The number of hydrogen-bond acceptors (Lipinski definition) is 5. The summed E-state index contributed by atoms with van der Waals surface area (Å²) in [5.74, 6) is 0.911. The lowest BCUT2D eigenvalue weighted by Gasteiger charge is -2.41. The zero-order valence-electron chi connectivity index (χ0n) is 18.4. The normalized spacial score (nSPS) is 20.8. The molecule has 2 aromatic heterocycles. The molecule has 5 heterocycles. The molecular weight excluding hydrogens is 400 g/mol. The van der Waals surface area contributed by atoms with Crippen molar-refractivity contribution in [3.05, 3.63) is 53.9 Å². The first-order valence-electron chi connectivity index (χ1n) is 11.5. The molecule has 32 heavy (non-hydrogen) atoms. The van der Waals surface area contributed by atoms with E-state index in [1.165, 1.54) is 11.1 Å². The van der Waals surface area contributed by atoms with Gasteiger partial charge >= 0.3 is 0 Å². The van der Waals surface area contributed by atoms with Crippen molar-refractivity contribution >= 4 is 22.4 Å². The van der Waals surface area contributed by atoms with Gasteiger partial charge < -0.3 is 19.9 Å². The topological polar surface area (TPSA) is 70.2 Å². The first kappa shape index (κ1) is 19.7. The van der Waals surface area contributed by atoms with E-state index in [0.717, 1.165) is 73.4 Å². The monoisotopic (exact) mass is 428 g/mol. The molecule has 0 unspecified atom stereocenters. The lowest BCUT2D eigenvalue weighted by Crippen LogP contribution is -2.49. The number of benzene rings is 1. The predicted molar refractivity (Wildman–Crippen MR) is 126 cm³/mol. The first-order valence-corrected chi connectivity index (χ1v) is 11.5. The SMILES string of the molecule is CN1CC=C(c2cnc3[nH]cc(-c4ccc5c(c4)OC4(CCNCC4)CC5=O)c3c2)CC1. The highest BCUT2D eigenvalue weighted by molar-refractivity contribution is 6.02. The highest BCUT2D eigenvalue weighted by atomic mass is 16.5. The first-order chi connectivity index (χ1) is 15.6. The van der Waals surface area contributed by atoms with Gasteiger partial charge in [0, 0.05) is 49.3 Å². The molecule has 1 fully saturated rings. The highest BCUT2D eigenvalue weighted by Gasteiger charge is 2.41. The van der Waals surface area contributed by atoms with Crippen molar-refractivity contribution in [2.75, 3.05) is 33.2 Å². The van der Waals surface area contributed by atoms with E-state index in [1.54, 1.807) is 0 Å². The number of fused-ring (bicyclic) bond motifs is 2. The summed E-state index contributed by atoms with van der Waals surface area (Å²) in [7, 11) is 2.15. The molecule has 3 aliphatic heterocycles. The van der Waals surface area contributed by atoms with Crippen molar-refractivity contribution in [2.24, 2.45) is 0 Å². The Labute approximate surface area is 187 Å². The average Bonchev–Trinajstić information content (AvgIpc) is 3.23. The molecule has 1 spiro atoms. The van der Waals surface area contributed by atoms with Gasteiger partial charge in [0.2, 0.25) is 0 Å². The standard InChI is InChI=1S/C26H28N4O2/c1-30-10-4-17(5-11-30)19-12-21-22(16-29-25(21)28-15-19)18-2-3-20-23(31)14-26(32-24(20)13-18)6-8-27-9-7-26/h2-4,12-13,15-16,27H,5-11,14H2,1H3,(H,28,29). The zero-order chi connectivity index (χ0) is 21.7. The molecular formula is C26H28N4O2. The predicted octanol–water partition coefficient (Wildman–Crippen LogP) is 4.04. The van der Waals surface area contributed by atoms with Gasteiger partial charge in [-0.05, 0) is 61.5 Å². The van der Waals surface area contributed by atoms with Crippen LogP contribution in [0.5, 0.6) is 5.75 Å². The van der Waals surface area contributed by atoms with Gasteiger partial charge in [0.05, 0.1) is 12.0 Å². The van der Waals surface area contributed by atoms with E-state index >= 15 is 0 Å². The van der Waals surface area contributed by atoms with Crippen molar-refractivity contribution < 1.29 is 9.53 Å². The zero-order valence-corrected chi connectivity index (χ0v) is 18.4. The van der Waals surface area contributed by atoms with E-state index in [0.29, 0.717) is 12.0 Å². The van der Waals surface area contributed by atoms with Crippen LogP contribution in [0.15, 0.2) is 42.7 Å². The number of piperidine rings is 1. The number of pyridine rings is 1. The lowest BCUT2D eigenvalue weighted by molar-refractivity contribution is 0.0188. The van der Waals surface area contributed by atoms with Crippen LogP contribution >= 0.6 is 0 Å². The minimum absolute atomic E-state index is 0.191. The number of Topliss-reactive ketones (excluding diaryl/α,β-unsaturated/α-hetero) is 1. The van der Waals surface area contributed by atoms with Gasteiger partial charge in [-0.25, -0.2) is 4.98 Å². The van der Waals surface area contributed by atoms with Crippen LogP contribution in [0, 0.1) is 0 Å². The number of carbonyl (C=O) groups is 1. The number of aromatic nitrogens is 2. The average molecular weight is 429 g/mol. The van der Waals surface area contributed by atoms with Crippen LogP contribution < -0.4 is 10.1 Å². The van der Waals surface area contributed by atoms with Crippen LogP contribution in [-0.2, 0) is 0 Å². The maximum Gasteiger partial charge on any atom is 0.170 e. The van der Waals surface area contributed by atoms with Crippen LogP contribution in [0.4, 0.5) is 0 Å². The third kappa shape index (κ3) is 3.34. The molecule has 6 heteroatoms. The number of rotatable bonds is 2. The molecule has 0 aliphatic carbocycles. The van der Waals surface area contributed by atoms with Crippen LogP contribution in [0.25, 0.3) is 27.7 Å². The number of carbonyl (C=O) groups excluding carboxylic acids is 1. The Bertz CT molecular complexity index is 1240. The van der Waals surface area contributed by atoms with Crippen molar-refractivity contribution in [3.63, 3.8) is 0 Å².